The Morgan fingerprint density at radius 3 is 2.73 bits per heavy atom. The van der Waals surface area contributed by atoms with Crippen molar-refractivity contribution in [3.05, 3.63) is 11.6 Å². The van der Waals surface area contributed by atoms with Crippen LogP contribution in [0.3, 0.4) is 0 Å². The van der Waals surface area contributed by atoms with Crippen molar-refractivity contribution in [1.82, 2.24) is 20.1 Å². The van der Waals surface area contributed by atoms with Gasteiger partial charge in [0.15, 0.2) is 5.82 Å². The first-order chi connectivity index (χ1) is 7.29. The Kier molecular flexibility index (Phi) is 3.36. The van der Waals surface area contributed by atoms with Crippen LogP contribution < -0.4 is 5.32 Å². The van der Waals surface area contributed by atoms with Crippen LogP contribution in [-0.2, 0) is 19.9 Å². The predicted octanol–water partition coefficient (Wildman–Crippen LogP) is 0.920. The van der Waals surface area contributed by atoms with Gasteiger partial charge in [-0.25, -0.2) is 4.98 Å². The van der Waals surface area contributed by atoms with E-state index in [0.717, 1.165) is 43.5 Å². The zero-order chi connectivity index (χ0) is 10.7. The van der Waals surface area contributed by atoms with E-state index in [4.69, 9.17) is 0 Å². The van der Waals surface area contributed by atoms with Gasteiger partial charge in [-0.2, -0.15) is 5.10 Å². The van der Waals surface area contributed by atoms with Gasteiger partial charge in [-0.15, -0.1) is 0 Å². The fourth-order valence-electron chi connectivity index (χ4n) is 2.15. The van der Waals surface area contributed by atoms with Crippen molar-refractivity contribution < 1.29 is 0 Å². The predicted molar refractivity (Wildman–Crippen MR) is 59.7 cm³/mol. The minimum Gasteiger partial charge on any atom is -0.317 e. The molecule has 0 unspecified atom stereocenters. The molecular weight excluding hydrogens is 188 g/mol. The lowest BCUT2D eigenvalue weighted by atomic mass is 9.94. The first-order valence-electron chi connectivity index (χ1n) is 5.89. The lowest BCUT2D eigenvalue weighted by Gasteiger charge is -2.21. The van der Waals surface area contributed by atoms with E-state index >= 15 is 0 Å². The zero-order valence-corrected chi connectivity index (χ0v) is 9.66. The van der Waals surface area contributed by atoms with Gasteiger partial charge in [-0.05, 0) is 31.8 Å². The maximum atomic E-state index is 4.55. The quantitative estimate of drug-likeness (QED) is 0.803. The highest BCUT2D eigenvalue weighted by molar-refractivity contribution is 4.94. The van der Waals surface area contributed by atoms with Crippen molar-refractivity contribution in [1.29, 1.82) is 0 Å². The molecule has 4 nitrogen and oxygen atoms in total. The number of hydrogen-bond acceptors (Lipinski definition) is 3. The zero-order valence-electron chi connectivity index (χ0n) is 9.66. The molecule has 0 bridgehead atoms. The standard InChI is InChI=1S/C11H20N4/c1-3-10-13-11(15(2)14-10)8-9-4-6-12-7-5-9/h9,12H,3-8H2,1-2H3. The highest BCUT2D eigenvalue weighted by Gasteiger charge is 2.16. The molecule has 0 aliphatic carbocycles. The molecule has 1 fully saturated rings. The summed E-state index contributed by atoms with van der Waals surface area (Å²) in [6, 6.07) is 0. The Hall–Kier alpha value is -0.900. The molecular formula is C11H20N4. The molecule has 0 radical (unpaired) electrons. The smallest absolute Gasteiger partial charge is 0.150 e. The van der Waals surface area contributed by atoms with Crippen LogP contribution in [0.4, 0.5) is 0 Å². The van der Waals surface area contributed by atoms with Crippen LogP contribution in [0.15, 0.2) is 0 Å². The minimum absolute atomic E-state index is 0.791. The molecule has 1 aromatic heterocycles. The lowest BCUT2D eigenvalue weighted by molar-refractivity contribution is 0.363. The summed E-state index contributed by atoms with van der Waals surface area (Å²) in [4.78, 5) is 4.55. The maximum Gasteiger partial charge on any atom is 0.150 e. The number of aromatic nitrogens is 3. The van der Waals surface area contributed by atoms with Gasteiger partial charge in [0, 0.05) is 19.9 Å². The van der Waals surface area contributed by atoms with Crippen LogP contribution in [0.5, 0.6) is 0 Å². The van der Waals surface area contributed by atoms with Crippen LogP contribution >= 0.6 is 0 Å². The molecule has 1 aromatic rings. The molecule has 84 valence electrons. The van der Waals surface area contributed by atoms with E-state index in [-0.39, 0.29) is 0 Å². The van der Waals surface area contributed by atoms with E-state index < -0.39 is 0 Å². The average Bonchev–Trinajstić information content (AvgIpc) is 2.61. The normalized spacial score (nSPS) is 18.3. The molecule has 0 saturated carbocycles. The van der Waals surface area contributed by atoms with E-state index in [9.17, 15) is 0 Å². The summed E-state index contributed by atoms with van der Waals surface area (Å²) < 4.78 is 1.95. The fraction of sp³-hybridized carbons (Fsp3) is 0.818. The van der Waals surface area contributed by atoms with E-state index in [1.165, 1.54) is 12.8 Å². The molecule has 4 heteroatoms. The molecule has 0 amide bonds. The van der Waals surface area contributed by atoms with Gasteiger partial charge in [-0.3, -0.25) is 4.68 Å². The van der Waals surface area contributed by atoms with Crippen molar-refractivity contribution in [2.45, 2.75) is 32.6 Å². The molecule has 0 atom stereocenters. The topological polar surface area (TPSA) is 42.7 Å². The number of nitrogens with one attached hydrogen (secondary N) is 1. The Bertz CT molecular complexity index is 312. The first kappa shape index (κ1) is 10.6. The van der Waals surface area contributed by atoms with Gasteiger partial charge >= 0.3 is 0 Å². The Labute approximate surface area is 91.1 Å². The summed E-state index contributed by atoms with van der Waals surface area (Å²) >= 11 is 0. The maximum absolute atomic E-state index is 4.55. The Morgan fingerprint density at radius 1 is 1.40 bits per heavy atom. The van der Waals surface area contributed by atoms with Crippen LogP contribution in [0.1, 0.15) is 31.4 Å². The van der Waals surface area contributed by atoms with E-state index in [1.807, 2.05) is 11.7 Å². The van der Waals surface area contributed by atoms with Crippen LogP contribution in [0.25, 0.3) is 0 Å². The van der Waals surface area contributed by atoms with Crippen LogP contribution in [0.2, 0.25) is 0 Å². The van der Waals surface area contributed by atoms with Gasteiger partial charge in [0.2, 0.25) is 0 Å². The van der Waals surface area contributed by atoms with Crippen molar-refractivity contribution >= 4 is 0 Å². The molecule has 2 heterocycles. The molecule has 1 aliphatic rings. The average molecular weight is 208 g/mol. The summed E-state index contributed by atoms with van der Waals surface area (Å²) in [5, 5.41) is 7.77. The lowest BCUT2D eigenvalue weighted by Crippen LogP contribution is -2.29. The molecule has 0 aromatic carbocycles. The number of piperidine rings is 1. The summed E-state index contributed by atoms with van der Waals surface area (Å²) in [5.41, 5.74) is 0. The summed E-state index contributed by atoms with van der Waals surface area (Å²) in [5.74, 6) is 2.92. The van der Waals surface area contributed by atoms with Crippen molar-refractivity contribution in [2.24, 2.45) is 13.0 Å². The molecule has 1 N–H and O–H groups in total. The SMILES string of the molecule is CCc1nc(CC2CCNCC2)n(C)n1. The van der Waals surface area contributed by atoms with Gasteiger partial charge in [0.05, 0.1) is 0 Å². The summed E-state index contributed by atoms with van der Waals surface area (Å²) in [6.07, 6.45) is 4.56. The molecule has 0 spiro atoms. The van der Waals surface area contributed by atoms with E-state index in [2.05, 4.69) is 22.3 Å². The third-order valence-electron chi connectivity index (χ3n) is 3.14. The van der Waals surface area contributed by atoms with Gasteiger partial charge in [0.1, 0.15) is 5.82 Å². The van der Waals surface area contributed by atoms with Gasteiger partial charge in [0.25, 0.3) is 0 Å². The third-order valence-corrected chi connectivity index (χ3v) is 3.14. The molecule has 15 heavy (non-hydrogen) atoms. The monoisotopic (exact) mass is 208 g/mol. The third kappa shape index (κ3) is 2.56. The molecule has 2 rings (SSSR count). The van der Waals surface area contributed by atoms with E-state index in [1.54, 1.807) is 0 Å². The summed E-state index contributed by atoms with van der Waals surface area (Å²) in [6.45, 7) is 4.41. The minimum atomic E-state index is 0.791. The second-order valence-corrected chi connectivity index (χ2v) is 4.32. The van der Waals surface area contributed by atoms with Gasteiger partial charge in [-0.1, -0.05) is 6.92 Å². The number of hydrogen-bond donors (Lipinski definition) is 1. The number of rotatable bonds is 3. The highest BCUT2D eigenvalue weighted by Crippen LogP contribution is 2.16. The van der Waals surface area contributed by atoms with Crippen LogP contribution in [-0.4, -0.2) is 27.9 Å². The van der Waals surface area contributed by atoms with Crippen LogP contribution in [0, 0.1) is 5.92 Å². The van der Waals surface area contributed by atoms with Crippen molar-refractivity contribution in [3.8, 4) is 0 Å². The van der Waals surface area contributed by atoms with Crippen molar-refractivity contribution in [2.75, 3.05) is 13.1 Å². The highest BCUT2D eigenvalue weighted by atomic mass is 15.3. The second-order valence-electron chi connectivity index (χ2n) is 4.32. The first-order valence-corrected chi connectivity index (χ1v) is 5.89. The largest absolute Gasteiger partial charge is 0.317 e. The summed E-state index contributed by atoms with van der Waals surface area (Å²) in [7, 11) is 2.00. The van der Waals surface area contributed by atoms with Crippen molar-refractivity contribution in [3.63, 3.8) is 0 Å². The second kappa shape index (κ2) is 4.75. The Morgan fingerprint density at radius 2 is 2.13 bits per heavy atom. The molecule has 1 aliphatic heterocycles. The fourth-order valence-corrected chi connectivity index (χ4v) is 2.15. The number of aryl methyl sites for hydroxylation is 2. The number of nitrogens with zero attached hydrogens (tertiary/aromatic N) is 3. The van der Waals surface area contributed by atoms with E-state index in [0.29, 0.717) is 0 Å². The van der Waals surface area contributed by atoms with Gasteiger partial charge < -0.3 is 5.32 Å². The molecule has 1 saturated heterocycles. The Balaban J connectivity index is 1.99.